The second kappa shape index (κ2) is 2.62. The van der Waals surface area contributed by atoms with Crippen LogP contribution in [0, 0.1) is 0 Å². The van der Waals surface area contributed by atoms with E-state index in [-0.39, 0.29) is 10.5 Å². The summed E-state index contributed by atoms with van der Waals surface area (Å²) in [6.45, 7) is 0. The van der Waals surface area contributed by atoms with Crippen molar-refractivity contribution < 1.29 is 9.90 Å². The van der Waals surface area contributed by atoms with E-state index in [1.54, 1.807) is 0 Å². The van der Waals surface area contributed by atoms with Gasteiger partial charge in [0.1, 0.15) is 0 Å². The number of aromatic carboxylic acids is 1. The highest BCUT2D eigenvalue weighted by atomic mass is 32.1. The highest BCUT2D eigenvalue weighted by molar-refractivity contribution is 7.58. The van der Waals surface area contributed by atoms with Crippen molar-refractivity contribution >= 4 is 18.6 Å². The van der Waals surface area contributed by atoms with Gasteiger partial charge in [-0.2, -0.15) is 4.90 Å². The summed E-state index contributed by atoms with van der Waals surface area (Å²) < 4.78 is 0. The molecular formula is C6H3NO2S-2. The second-order valence-corrected chi connectivity index (χ2v) is 2.10. The Labute approximate surface area is 63.1 Å². The molecule has 1 heterocycles. The highest BCUT2D eigenvalue weighted by Gasteiger charge is 1.89. The SMILES string of the molecule is O=C([O-])c1cnccc1[S-]. The number of carbonyl (C=O) groups excluding carboxylic acids is 1. The van der Waals surface area contributed by atoms with Crippen LogP contribution >= 0.6 is 0 Å². The Balaban J connectivity index is 3.15. The number of nitrogens with zero attached hydrogens (tertiary/aromatic N) is 1. The Kier molecular flexibility index (Phi) is 1.82. The predicted octanol–water partition coefficient (Wildman–Crippen LogP) is -0.649. The zero-order valence-electron chi connectivity index (χ0n) is 4.90. The number of pyridine rings is 1. The van der Waals surface area contributed by atoms with Gasteiger partial charge < -0.3 is 22.5 Å². The zero-order valence-corrected chi connectivity index (χ0v) is 5.72. The molecule has 0 saturated heterocycles. The Morgan fingerprint density at radius 2 is 2.40 bits per heavy atom. The second-order valence-electron chi connectivity index (χ2n) is 1.66. The summed E-state index contributed by atoms with van der Waals surface area (Å²) in [6, 6.07) is 1.44. The van der Waals surface area contributed by atoms with Gasteiger partial charge >= 0.3 is 0 Å². The van der Waals surface area contributed by atoms with E-state index in [0.29, 0.717) is 0 Å². The fourth-order valence-electron chi connectivity index (χ4n) is 0.535. The molecule has 0 amide bonds. The van der Waals surface area contributed by atoms with Crippen molar-refractivity contribution in [2.45, 2.75) is 4.90 Å². The normalized spacial score (nSPS) is 9.20. The molecule has 52 valence electrons. The van der Waals surface area contributed by atoms with E-state index in [2.05, 4.69) is 17.6 Å². The molecule has 0 saturated carbocycles. The molecule has 1 aromatic rings. The molecule has 0 N–H and O–H groups in total. The van der Waals surface area contributed by atoms with E-state index in [9.17, 15) is 9.90 Å². The maximum atomic E-state index is 10.2. The summed E-state index contributed by atoms with van der Waals surface area (Å²) in [5, 5.41) is 10.2. The summed E-state index contributed by atoms with van der Waals surface area (Å²) >= 11 is 4.67. The first-order valence-corrected chi connectivity index (χ1v) is 2.95. The van der Waals surface area contributed by atoms with Crippen molar-refractivity contribution in [1.29, 1.82) is 0 Å². The fraction of sp³-hybridized carbons (Fsp3) is 0. The monoisotopic (exact) mass is 153 g/mol. The van der Waals surface area contributed by atoms with E-state index in [1.807, 2.05) is 0 Å². The van der Waals surface area contributed by atoms with E-state index in [4.69, 9.17) is 0 Å². The van der Waals surface area contributed by atoms with Crippen molar-refractivity contribution in [3.63, 3.8) is 0 Å². The van der Waals surface area contributed by atoms with Crippen LogP contribution in [0.3, 0.4) is 0 Å². The van der Waals surface area contributed by atoms with Crippen LogP contribution in [-0.2, 0) is 12.6 Å². The third-order valence-electron chi connectivity index (χ3n) is 1.00. The molecule has 0 fully saturated rings. The van der Waals surface area contributed by atoms with Gasteiger partial charge in [-0.25, -0.2) is 0 Å². The first-order valence-electron chi connectivity index (χ1n) is 2.54. The lowest BCUT2D eigenvalue weighted by Crippen LogP contribution is -2.23. The summed E-state index contributed by atoms with van der Waals surface area (Å²) in [4.78, 5) is 14.0. The molecular weight excluding hydrogens is 150 g/mol. The highest BCUT2D eigenvalue weighted by Crippen LogP contribution is 2.02. The molecule has 0 aliphatic rings. The Morgan fingerprint density at radius 1 is 1.70 bits per heavy atom. The minimum absolute atomic E-state index is 0.0301. The minimum Gasteiger partial charge on any atom is -0.779 e. The summed E-state index contributed by atoms with van der Waals surface area (Å²) in [5.74, 6) is -1.28. The van der Waals surface area contributed by atoms with Gasteiger partial charge in [0.2, 0.25) is 0 Å². The predicted molar refractivity (Wildman–Crippen MR) is 34.2 cm³/mol. The topological polar surface area (TPSA) is 53.0 Å². The lowest BCUT2D eigenvalue weighted by atomic mass is 10.3. The van der Waals surface area contributed by atoms with Gasteiger partial charge in [0.05, 0.1) is 5.97 Å². The van der Waals surface area contributed by atoms with Crippen molar-refractivity contribution in [3.05, 3.63) is 24.0 Å². The molecule has 0 unspecified atom stereocenters. The van der Waals surface area contributed by atoms with E-state index < -0.39 is 5.97 Å². The van der Waals surface area contributed by atoms with Crippen molar-refractivity contribution in [1.82, 2.24) is 4.98 Å². The van der Waals surface area contributed by atoms with Crippen LogP contribution in [0.25, 0.3) is 0 Å². The van der Waals surface area contributed by atoms with Gasteiger partial charge in [0.25, 0.3) is 0 Å². The Bertz CT molecular complexity index is 262. The van der Waals surface area contributed by atoms with Crippen LogP contribution < -0.4 is 5.11 Å². The molecule has 0 radical (unpaired) electrons. The van der Waals surface area contributed by atoms with E-state index >= 15 is 0 Å². The van der Waals surface area contributed by atoms with Crippen molar-refractivity contribution in [2.24, 2.45) is 0 Å². The summed E-state index contributed by atoms with van der Waals surface area (Å²) in [6.07, 6.45) is 2.62. The van der Waals surface area contributed by atoms with Crippen LogP contribution in [-0.4, -0.2) is 11.0 Å². The summed E-state index contributed by atoms with van der Waals surface area (Å²) in [7, 11) is 0. The number of hydrogen-bond donors (Lipinski definition) is 0. The largest absolute Gasteiger partial charge is 0.779 e. The molecule has 0 spiro atoms. The standard InChI is InChI=1S/C6H5NO2S/c8-6(9)4-3-7-2-1-5(4)10/h1-3H,(H,7,10)(H,8,9)/p-2. The van der Waals surface area contributed by atoms with Crippen LogP contribution in [0.1, 0.15) is 10.4 Å². The smallest absolute Gasteiger partial charge is 0.0715 e. The van der Waals surface area contributed by atoms with Crippen LogP contribution in [0.15, 0.2) is 23.4 Å². The number of carboxylic acids is 1. The molecule has 0 bridgehead atoms. The lowest BCUT2D eigenvalue weighted by Gasteiger charge is -2.11. The third kappa shape index (κ3) is 1.22. The quantitative estimate of drug-likeness (QED) is 0.503. The Morgan fingerprint density at radius 3 is 2.80 bits per heavy atom. The minimum atomic E-state index is -1.28. The number of carboxylic acid groups (broad SMARTS) is 1. The Hall–Kier alpha value is -1.16. The van der Waals surface area contributed by atoms with Gasteiger partial charge in [-0.3, -0.25) is 4.98 Å². The fourth-order valence-corrected chi connectivity index (χ4v) is 0.732. The van der Waals surface area contributed by atoms with Crippen molar-refractivity contribution in [3.8, 4) is 0 Å². The van der Waals surface area contributed by atoms with Crippen molar-refractivity contribution in [2.75, 3.05) is 0 Å². The molecule has 1 rings (SSSR count). The van der Waals surface area contributed by atoms with E-state index in [0.717, 1.165) is 0 Å². The number of aromatic nitrogens is 1. The van der Waals surface area contributed by atoms with Crippen LogP contribution in [0.4, 0.5) is 0 Å². The van der Waals surface area contributed by atoms with E-state index in [1.165, 1.54) is 18.5 Å². The first-order chi connectivity index (χ1) is 4.72. The summed E-state index contributed by atoms with van der Waals surface area (Å²) in [5.41, 5.74) is -0.0301. The van der Waals surface area contributed by atoms with Crippen LogP contribution in [0.5, 0.6) is 0 Å². The zero-order chi connectivity index (χ0) is 7.56. The molecule has 0 aliphatic heterocycles. The molecule has 3 nitrogen and oxygen atoms in total. The molecule has 4 heteroatoms. The average Bonchev–Trinajstić information content (AvgIpc) is 1.88. The van der Waals surface area contributed by atoms with Gasteiger partial charge in [-0.05, 0) is 5.56 Å². The number of hydrogen-bond acceptors (Lipinski definition) is 4. The van der Waals surface area contributed by atoms with Crippen LogP contribution in [0.2, 0.25) is 0 Å². The van der Waals surface area contributed by atoms with Gasteiger partial charge in [0.15, 0.2) is 0 Å². The number of rotatable bonds is 1. The molecule has 0 aliphatic carbocycles. The molecule has 0 atom stereocenters. The molecule has 1 aromatic heterocycles. The molecule has 10 heavy (non-hydrogen) atoms. The maximum Gasteiger partial charge on any atom is 0.0715 e. The van der Waals surface area contributed by atoms with Gasteiger partial charge in [-0.1, -0.05) is 6.07 Å². The van der Waals surface area contributed by atoms with Gasteiger partial charge in [0, 0.05) is 12.4 Å². The first kappa shape index (κ1) is 6.95. The van der Waals surface area contributed by atoms with Gasteiger partial charge in [-0.15, -0.1) is 0 Å². The number of carbonyl (C=O) groups is 1. The lowest BCUT2D eigenvalue weighted by molar-refractivity contribution is -0.255. The molecule has 0 aromatic carbocycles. The average molecular weight is 153 g/mol. The third-order valence-corrected chi connectivity index (χ3v) is 1.36. The maximum absolute atomic E-state index is 10.2.